The molecule has 1 unspecified atom stereocenters. The molecule has 72 heavy (non-hydrogen) atoms. The van der Waals surface area contributed by atoms with Crippen LogP contribution in [0.2, 0.25) is 0 Å². The van der Waals surface area contributed by atoms with Gasteiger partial charge in [0, 0.05) is 19.3 Å². The highest BCUT2D eigenvalue weighted by Gasteiger charge is 2.19. The molecule has 0 saturated carbocycles. The SMILES string of the molecule is CC/C=C\C/C=C\C/C=C\C/C=C\C/C=C\CCCCCCCCCC(=O)OCC(COC(=O)CCCCCCCCCCCC)OC(=O)CCCCCCCCCCC/C=C\C/C=C\CCCCCCC. The molecule has 0 N–H and O–H groups in total. The zero-order chi connectivity index (χ0) is 52.2. The van der Waals surface area contributed by atoms with Gasteiger partial charge >= 0.3 is 17.9 Å². The average Bonchev–Trinajstić information content (AvgIpc) is 3.38. The molecule has 0 radical (unpaired) electrons. The molecule has 0 saturated heterocycles. The van der Waals surface area contributed by atoms with Crippen LogP contribution in [-0.2, 0) is 28.6 Å². The molecular formula is C66H114O6. The molecule has 0 aliphatic carbocycles. The molecule has 1 atom stereocenters. The Morgan fingerprint density at radius 2 is 0.542 bits per heavy atom. The molecule has 6 heteroatoms. The number of hydrogen-bond donors (Lipinski definition) is 0. The number of allylic oxidation sites excluding steroid dienone is 14. The Hall–Kier alpha value is -3.41. The first-order valence-corrected chi connectivity index (χ1v) is 30.6. The zero-order valence-corrected chi connectivity index (χ0v) is 47.4. The van der Waals surface area contributed by atoms with E-state index < -0.39 is 6.10 Å². The van der Waals surface area contributed by atoms with Crippen LogP contribution >= 0.6 is 0 Å². The third-order valence-corrected chi connectivity index (χ3v) is 13.1. The van der Waals surface area contributed by atoms with Crippen molar-refractivity contribution < 1.29 is 28.6 Å². The molecular weight excluding hydrogens is 889 g/mol. The summed E-state index contributed by atoms with van der Waals surface area (Å²) in [6.07, 6.45) is 78.7. The van der Waals surface area contributed by atoms with Gasteiger partial charge in [-0.2, -0.15) is 0 Å². The largest absolute Gasteiger partial charge is 0.462 e. The monoisotopic (exact) mass is 1000 g/mol. The minimum absolute atomic E-state index is 0.0797. The second kappa shape index (κ2) is 60.1. The van der Waals surface area contributed by atoms with Crippen molar-refractivity contribution >= 4 is 17.9 Å². The Balaban J connectivity index is 4.31. The van der Waals surface area contributed by atoms with E-state index in [0.29, 0.717) is 19.3 Å². The first-order chi connectivity index (χ1) is 35.5. The third kappa shape index (κ3) is 57.5. The molecule has 0 amide bonds. The van der Waals surface area contributed by atoms with Gasteiger partial charge in [0.2, 0.25) is 0 Å². The highest BCUT2D eigenvalue weighted by atomic mass is 16.6. The Kier molecular flexibility index (Phi) is 57.3. The van der Waals surface area contributed by atoms with Crippen molar-refractivity contribution in [2.24, 2.45) is 0 Å². The number of rotatable bonds is 55. The van der Waals surface area contributed by atoms with Crippen molar-refractivity contribution in [3.63, 3.8) is 0 Å². The maximum absolute atomic E-state index is 12.9. The van der Waals surface area contributed by atoms with Crippen LogP contribution < -0.4 is 0 Å². The average molecular weight is 1000 g/mol. The zero-order valence-electron chi connectivity index (χ0n) is 47.4. The second-order valence-corrected chi connectivity index (χ2v) is 20.2. The third-order valence-electron chi connectivity index (χ3n) is 13.1. The van der Waals surface area contributed by atoms with Crippen LogP contribution in [0.5, 0.6) is 0 Å². The lowest BCUT2D eigenvalue weighted by atomic mass is 10.1. The maximum atomic E-state index is 12.9. The summed E-state index contributed by atoms with van der Waals surface area (Å²) in [5, 5.41) is 0. The molecule has 0 aromatic heterocycles. The van der Waals surface area contributed by atoms with Gasteiger partial charge < -0.3 is 14.2 Å². The molecule has 0 aromatic rings. The summed E-state index contributed by atoms with van der Waals surface area (Å²) in [4.78, 5) is 38.2. The predicted molar refractivity (Wildman–Crippen MR) is 311 cm³/mol. The second-order valence-electron chi connectivity index (χ2n) is 20.2. The molecule has 0 bridgehead atoms. The van der Waals surface area contributed by atoms with Crippen molar-refractivity contribution in [3.8, 4) is 0 Å². The van der Waals surface area contributed by atoms with Gasteiger partial charge in [-0.05, 0) is 96.3 Å². The van der Waals surface area contributed by atoms with Gasteiger partial charge in [-0.25, -0.2) is 0 Å². The lowest BCUT2D eigenvalue weighted by molar-refractivity contribution is -0.167. The molecule has 6 nitrogen and oxygen atoms in total. The topological polar surface area (TPSA) is 78.9 Å². The Morgan fingerprint density at radius 3 is 0.847 bits per heavy atom. The lowest BCUT2D eigenvalue weighted by Crippen LogP contribution is -2.30. The summed E-state index contributed by atoms with van der Waals surface area (Å²) in [7, 11) is 0. The summed E-state index contributed by atoms with van der Waals surface area (Å²) >= 11 is 0. The molecule has 0 rings (SSSR count). The van der Waals surface area contributed by atoms with Crippen LogP contribution in [0.25, 0.3) is 0 Å². The van der Waals surface area contributed by atoms with E-state index in [4.69, 9.17) is 14.2 Å². The van der Waals surface area contributed by atoms with E-state index in [-0.39, 0.29) is 31.1 Å². The highest BCUT2D eigenvalue weighted by molar-refractivity contribution is 5.71. The first kappa shape index (κ1) is 68.6. The molecule has 0 aliphatic heterocycles. The summed E-state index contributed by atoms with van der Waals surface area (Å²) in [5.41, 5.74) is 0. The van der Waals surface area contributed by atoms with Crippen molar-refractivity contribution in [1.29, 1.82) is 0 Å². The normalized spacial score (nSPS) is 12.7. The fourth-order valence-electron chi connectivity index (χ4n) is 8.56. The molecule has 0 heterocycles. The fraction of sp³-hybridized carbons (Fsp3) is 0.742. The first-order valence-electron chi connectivity index (χ1n) is 30.6. The number of esters is 3. The molecule has 0 aromatic carbocycles. The van der Waals surface area contributed by atoms with E-state index in [1.54, 1.807) is 0 Å². The molecule has 0 spiro atoms. The van der Waals surface area contributed by atoms with Crippen molar-refractivity contribution in [1.82, 2.24) is 0 Å². The Labute approximate surface area is 445 Å². The van der Waals surface area contributed by atoms with Gasteiger partial charge in [0.05, 0.1) is 0 Å². The minimum atomic E-state index is -0.782. The maximum Gasteiger partial charge on any atom is 0.306 e. The van der Waals surface area contributed by atoms with E-state index in [1.165, 1.54) is 154 Å². The van der Waals surface area contributed by atoms with Gasteiger partial charge in [0.25, 0.3) is 0 Å². The lowest BCUT2D eigenvalue weighted by Gasteiger charge is -2.18. The number of ether oxygens (including phenoxy) is 3. The standard InChI is InChI=1S/C66H114O6/c1-4-7-10-13-16-19-22-24-26-28-30-32-33-35-36-38-40-42-44-47-50-53-56-59-65(68)71-62-63(61-70-64(67)58-55-52-49-46-21-18-15-12-9-6-3)72-66(69)60-57-54-51-48-45-43-41-39-37-34-31-29-27-25-23-20-17-14-11-8-5-2/h7,10,16,19,23-26,29-32,35-36,63H,4-6,8-9,11-15,17-18,20-22,27-28,33-34,37-62H2,1-3H3/b10-7-,19-16-,25-23-,26-24-,31-29-,32-30-,36-35-. The van der Waals surface area contributed by atoms with Crippen LogP contribution in [0.15, 0.2) is 85.1 Å². The van der Waals surface area contributed by atoms with Crippen molar-refractivity contribution in [3.05, 3.63) is 85.1 Å². The smallest absolute Gasteiger partial charge is 0.306 e. The summed E-state index contributed by atoms with van der Waals surface area (Å²) in [6, 6.07) is 0. The van der Waals surface area contributed by atoms with Crippen LogP contribution in [0.4, 0.5) is 0 Å². The van der Waals surface area contributed by atoms with E-state index in [0.717, 1.165) is 103 Å². The van der Waals surface area contributed by atoms with Crippen molar-refractivity contribution in [2.75, 3.05) is 13.2 Å². The van der Waals surface area contributed by atoms with Crippen LogP contribution in [0.3, 0.4) is 0 Å². The van der Waals surface area contributed by atoms with E-state index in [2.05, 4.69) is 106 Å². The molecule has 0 aliphatic rings. The minimum Gasteiger partial charge on any atom is -0.462 e. The van der Waals surface area contributed by atoms with Crippen molar-refractivity contribution in [2.45, 2.75) is 303 Å². The van der Waals surface area contributed by atoms with E-state index in [1.807, 2.05) is 0 Å². The Bertz CT molecular complexity index is 1380. The molecule has 414 valence electrons. The summed E-state index contributed by atoms with van der Waals surface area (Å²) in [6.45, 7) is 6.51. The van der Waals surface area contributed by atoms with Gasteiger partial charge in [0.1, 0.15) is 13.2 Å². The summed E-state index contributed by atoms with van der Waals surface area (Å²) < 4.78 is 16.9. The predicted octanol–water partition coefficient (Wildman–Crippen LogP) is 20.7. The fourth-order valence-corrected chi connectivity index (χ4v) is 8.56. The van der Waals surface area contributed by atoms with Crippen LogP contribution in [0, 0.1) is 0 Å². The van der Waals surface area contributed by atoms with Crippen LogP contribution in [-0.4, -0.2) is 37.2 Å². The van der Waals surface area contributed by atoms with Gasteiger partial charge in [-0.15, -0.1) is 0 Å². The summed E-state index contributed by atoms with van der Waals surface area (Å²) in [5.74, 6) is -0.888. The van der Waals surface area contributed by atoms with E-state index in [9.17, 15) is 14.4 Å². The highest BCUT2D eigenvalue weighted by Crippen LogP contribution is 2.16. The van der Waals surface area contributed by atoms with Crippen LogP contribution in [0.1, 0.15) is 297 Å². The number of carbonyl (C=O) groups is 3. The molecule has 0 fully saturated rings. The Morgan fingerprint density at radius 1 is 0.292 bits per heavy atom. The number of unbranched alkanes of at least 4 members (excludes halogenated alkanes) is 30. The van der Waals surface area contributed by atoms with Gasteiger partial charge in [0.15, 0.2) is 6.10 Å². The van der Waals surface area contributed by atoms with E-state index >= 15 is 0 Å². The quantitative estimate of drug-likeness (QED) is 0.0261. The number of hydrogen-bond acceptors (Lipinski definition) is 6. The van der Waals surface area contributed by atoms with Gasteiger partial charge in [-0.1, -0.05) is 266 Å². The van der Waals surface area contributed by atoms with Gasteiger partial charge in [-0.3, -0.25) is 14.4 Å². The number of carbonyl (C=O) groups excluding carboxylic acids is 3.